The summed E-state index contributed by atoms with van der Waals surface area (Å²) in [6.07, 6.45) is 3.55. The number of carbonyl (C=O) groups is 4. The summed E-state index contributed by atoms with van der Waals surface area (Å²) < 4.78 is 11.2. The Bertz CT molecular complexity index is 1030. The molecule has 38 heavy (non-hydrogen) atoms. The van der Waals surface area contributed by atoms with Crippen molar-refractivity contribution in [1.29, 1.82) is 0 Å². The molecule has 1 aliphatic rings. The number of hydrogen-bond acceptors (Lipinski definition) is 6. The van der Waals surface area contributed by atoms with E-state index in [2.05, 4.69) is 21.7 Å². The maximum absolute atomic E-state index is 12.6. The number of nitrogens with one attached hydrogen (secondary N) is 4. The van der Waals surface area contributed by atoms with Gasteiger partial charge < -0.3 is 9.47 Å². The van der Waals surface area contributed by atoms with E-state index in [1.54, 1.807) is 48.5 Å². The van der Waals surface area contributed by atoms with E-state index in [-0.39, 0.29) is 23.7 Å². The van der Waals surface area contributed by atoms with Gasteiger partial charge in [0.2, 0.25) is 11.8 Å². The van der Waals surface area contributed by atoms with Gasteiger partial charge in [0.15, 0.2) is 0 Å². The van der Waals surface area contributed by atoms with E-state index in [0.717, 1.165) is 12.8 Å². The van der Waals surface area contributed by atoms with Crippen LogP contribution in [-0.2, 0) is 9.59 Å². The van der Waals surface area contributed by atoms with Gasteiger partial charge in [-0.15, -0.1) is 0 Å². The van der Waals surface area contributed by atoms with E-state index in [4.69, 9.17) is 9.47 Å². The van der Waals surface area contributed by atoms with Gasteiger partial charge in [0.05, 0.1) is 24.3 Å². The van der Waals surface area contributed by atoms with E-state index in [1.165, 1.54) is 0 Å². The lowest BCUT2D eigenvalue weighted by Crippen LogP contribution is -2.47. The van der Waals surface area contributed by atoms with E-state index < -0.39 is 11.8 Å². The third-order valence-corrected chi connectivity index (χ3v) is 6.25. The van der Waals surface area contributed by atoms with Crippen LogP contribution >= 0.6 is 0 Å². The largest absolute Gasteiger partial charge is 0.493 e. The maximum atomic E-state index is 12.6. The topological polar surface area (TPSA) is 135 Å². The molecule has 4 N–H and O–H groups in total. The normalized spacial score (nSPS) is 16.6. The summed E-state index contributed by atoms with van der Waals surface area (Å²) in [5, 5.41) is 0. The molecule has 1 saturated carbocycles. The van der Waals surface area contributed by atoms with Crippen molar-refractivity contribution in [2.24, 2.45) is 11.8 Å². The Morgan fingerprint density at radius 2 is 1.00 bits per heavy atom. The fraction of sp³-hybridized carbons (Fsp3) is 0.429. The van der Waals surface area contributed by atoms with Gasteiger partial charge in [0.25, 0.3) is 11.8 Å². The fourth-order valence-corrected chi connectivity index (χ4v) is 4.18. The molecular formula is C28H36N4O6. The number of hydrogen-bond donors (Lipinski definition) is 4. The summed E-state index contributed by atoms with van der Waals surface area (Å²) in [6.45, 7) is 4.92. The van der Waals surface area contributed by atoms with Crippen LogP contribution in [0.1, 0.15) is 73.1 Å². The van der Waals surface area contributed by atoms with Crippen LogP contribution in [0.25, 0.3) is 0 Å². The van der Waals surface area contributed by atoms with E-state index in [9.17, 15) is 19.2 Å². The summed E-state index contributed by atoms with van der Waals surface area (Å²) in [5.41, 5.74) is 10.6. The Morgan fingerprint density at radius 3 is 1.37 bits per heavy atom. The summed E-state index contributed by atoms with van der Waals surface area (Å²) in [4.78, 5) is 50.4. The van der Waals surface area contributed by atoms with Crippen LogP contribution in [0.15, 0.2) is 48.5 Å². The molecule has 0 radical (unpaired) electrons. The second kappa shape index (κ2) is 14.6. The summed E-state index contributed by atoms with van der Waals surface area (Å²) in [6, 6.07) is 13.7. The van der Waals surface area contributed by atoms with Crippen molar-refractivity contribution in [1.82, 2.24) is 21.7 Å². The Labute approximate surface area is 222 Å². The lowest BCUT2D eigenvalue weighted by molar-refractivity contribution is -0.131. The highest BCUT2D eigenvalue weighted by molar-refractivity contribution is 5.98. The number of ether oxygens (including phenoxy) is 2. The standard InChI is InChI=1S/C28H36N4O6/c1-3-17-37-23-11-7-5-9-21(23)27(35)31-29-25(33)19-13-15-20(16-14-19)26(34)30-32-28(36)22-10-6-8-12-24(22)38-18-4-2/h5-12,19-20H,3-4,13-18H2,1-2H3,(H,29,33)(H,30,34)(H,31,35)(H,32,36). The molecule has 0 heterocycles. The summed E-state index contributed by atoms with van der Waals surface area (Å²) in [7, 11) is 0. The van der Waals surface area contributed by atoms with Gasteiger partial charge in [0, 0.05) is 11.8 Å². The summed E-state index contributed by atoms with van der Waals surface area (Å²) in [5.74, 6) is -1.28. The first kappa shape index (κ1) is 28.5. The zero-order chi connectivity index (χ0) is 27.3. The van der Waals surface area contributed by atoms with Crippen molar-refractivity contribution in [3.05, 3.63) is 59.7 Å². The van der Waals surface area contributed by atoms with Gasteiger partial charge in [-0.25, -0.2) is 0 Å². The van der Waals surface area contributed by atoms with Crippen molar-refractivity contribution in [3.8, 4) is 11.5 Å². The van der Waals surface area contributed by atoms with Crippen molar-refractivity contribution < 1.29 is 28.7 Å². The molecule has 10 heteroatoms. The van der Waals surface area contributed by atoms with Gasteiger partial charge in [-0.2, -0.15) is 0 Å². The van der Waals surface area contributed by atoms with Crippen LogP contribution in [0.5, 0.6) is 11.5 Å². The van der Waals surface area contributed by atoms with E-state index in [1.807, 2.05) is 13.8 Å². The number of rotatable bonds is 10. The number of benzene rings is 2. The molecule has 1 fully saturated rings. The molecule has 1 aliphatic carbocycles. The van der Waals surface area contributed by atoms with E-state index >= 15 is 0 Å². The Kier molecular flexibility index (Phi) is 11.0. The first-order valence-corrected chi connectivity index (χ1v) is 13.1. The summed E-state index contributed by atoms with van der Waals surface area (Å²) >= 11 is 0. The monoisotopic (exact) mass is 524 g/mol. The molecule has 0 unspecified atom stereocenters. The number of hydrazine groups is 2. The Morgan fingerprint density at radius 1 is 0.632 bits per heavy atom. The smallest absolute Gasteiger partial charge is 0.273 e. The number of carbonyl (C=O) groups excluding carboxylic acids is 4. The molecule has 0 aliphatic heterocycles. The third kappa shape index (κ3) is 7.96. The molecule has 2 aromatic carbocycles. The van der Waals surface area contributed by atoms with Crippen LogP contribution in [-0.4, -0.2) is 36.8 Å². The predicted octanol–water partition coefficient (Wildman–Crippen LogP) is 3.29. The molecule has 3 rings (SSSR count). The molecule has 0 atom stereocenters. The Balaban J connectivity index is 1.42. The lowest BCUT2D eigenvalue weighted by atomic mass is 9.81. The molecule has 0 bridgehead atoms. The highest BCUT2D eigenvalue weighted by Crippen LogP contribution is 2.29. The zero-order valence-electron chi connectivity index (χ0n) is 21.9. The van der Waals surface area contributed by atoms with Crippen LogP contribution in [0.3, 0.4) is 0 Å². The van der Waals surface area contributed by atoms with Crippen LogP contribution in [0.2, 0.25) is 0 Å². The van der Waals surface area contributed by atoms with Crippen molar-refractivity contribution in [2.75, 3.05) is 13.2 Å². The SMILES string of the molecule is CCCOc1ccccc1C(=O)NNC(=O)C1CCC(C(=O)NNC(=O)c2ccccc2OCCC)CC1. The zero-order valence-corrected chi connectivity index (χ0v) is 21.9. The number of amides is 4. The van der Waals surface area contributed by atoms with Gasteiger partial charge in [-0.3, -0.25) is 40.9 Å². The maximum Gasteiger partial charge on any atom is 0.273 e. The molecule has 0 aromatic heterocycles. The van der Waals surface area contributed by atoms with Crippen LogP contribution < -0.4 is 31.2 Å². The van der Waals surface area contributed by atoms with Crippen LogP contribution in [0, 0.1) is 11.8 Å². The first-order chi connectivity index (χ1) is 18.4. The third-order valence-electron chi connectivity index (χ3n) is 6.25. The molecule has 2 aromatic rings. The second-order valence-corrected chi connectivity index (χ2v) is 9.12. The minimum atomic E-state index is -0.462. The molecular weight excluding hydrogens is 488 g/mol. The second-order valence-electron chi connectivity index (χ2n) is 9.12. The molecule has 0 spiro atoms. The molecule has 10 nitrogen and oxygen atoms in total. The van der Waals surface area contributed by atoms with Crippen molar-refractivity contribution >= 4 is 23.6 Å². The fourth-order valence-electron chi connectivity index (χ4n) is 4.18. The average Bonchev–Trinajstić information content (AvgIpc) is 2.96. The van der Waals surface area contributed by atoms with Crippen LogP contribution in [0.4, 0.5) is 0 Å². The van der Waals surface area contributed by atoms with Gasteiger partial charge in [-0.05, 0) is 62.8 Å². The number of para-hydroxylation sites is 2. The average molecular weight is 525 g/mol. The molecule has 4 amide bonds. The highest BCUT2D eigenvalue weighted by atomic mass is 16.5. The van der Waals surface area contributed by atoms with Gasteiger partial charge in [0.1, 0.15) is 11.5 Å². The Hall–Kier alpha value is -4.08. The quantitative estimate of drug-likeness (QED) is 0.352. The van der Waals surface area contributed by atoms with Gasteiger partial charge in [-0.1, -0.05) is 38.1 Å². The van der Waals surface area contributed by atoms with Crippen molar-refractivity contribution in [2.45, 2.75) is 52.4 Å². The molecule has 204 valence electrons. The molecule has 0 saturated heterocycles. The van der Waals surface area contributed by atoms with Crippen molar-refractivity contribution in [3.63, 3.8) is 0 Å². The highest BCUT2D eigenvalue weighted by Gasteiger charge is 2.30. The van der Waals surface area contributed by atoms with Gasteiger partial charge >= 0.3 is 0 Å². The minimum Gasteiger partial charge on any atom is -0.493 e. The predicted molar refractivity (Wildman–Crippen MR) is 141 cm³/mol. The van der Waals surface area contributed by atoms with E-state index in [0.29, 0.717) is 61.5 Å². The minimum absolute atomic E-state index is 0.304. The first-order valence-electron chi connectivity index (χ1n) is 13.1. The lowest BCUT2D eigenvalue weighted by Gasteiger charge is -2.27.